The smallest absolute Gasteiger partial charge is 0.306 e. The zero-order valence-corrected chi connectivity index (χ0v) is 12.1. The Morgan fingerprint density at radius 2 is 1.95 bits per heavy atom. The Morgan fingerprint density at radius 1 is 1.30 bits per heavy atom. The SMILES string of the molecule is Cc1ccc(C)c(CC(=O)NCC(C)(O)CC(=O)O)c1. The van der Waals surface area contributed by atoms with Gasteiger partial charge >= 0.3 is 5.97 Å². The van der Waals surface area contributed by atoms with Gasteiger partial charge in [0.2, 0.25) is 5.91 Å². The Bertz CT molecular complexity index is 509. The van der Waals surface area contributed by atoms with Crippen LogP contribution in [0.5, 0.6) is 0 Å². The van der Waals surface area contributed by atoms with E-state index >= 15 is 0 Å². The van der Waals surface area contributed by atoms with E-state index in [-0.39, 0.29) is 18.9 Å². The highest BCUT2D eigenvalue weighted by Gasteiger charge is 2.24. The number of aliphatic hydroxyl groups is 1. The summed E-state index contributed by atoms with van der Waals surface area (Å²) in [6, 6.07) is 5.89. The van der Waals surface area contributed by atoms with Gasteiger partial charge in [0.25, 0.3) is 0 Å². The summed E-state index contributed by atoms with van der Waals surface area (Å²) in [4.78, 5) is 22.4. The fourth-order valence-corrected chi connectivity index (χ4v) is 1.90. The van der Waals surface area contributed by atoms with Gasteiger partial charge in [-0.15, -0.1) is 0 Å². The van der Waals surface area contributed by atoms with E-state index in [1.807, 2.05) is 32.0 Å². The molecule has 1 aromatic rings. The molecule has 1 aromatic carbocycles. The fraction of sp³-hybridized carbons (Fsp3) is 0.467. The van der Waals surface area contributed by atoms with Crippen molar-refractivity contribution in [2.75, 3.05) is 6.54 Å². The third kappa shape index (κ3) is 5.40. The number of benzene rings is 1. The van der Waals surface area contributed by atoms with E-state index < -0.39 is 18.0 Å². The third-order valence-electron chi connectivity index (χ3n) is 3.05. The van der Waals surface area contributed by atoms with E-state index in [0.29, 0.717) is 0 Å². The van der Waals surface area contributed by atoms with E-state index in [9.17, 15) is 14.7 Å². The van der Waals surface area contributed by atoms with Crippen molar-refractivity contribution in [3.63, 3.8) is 0 Å². The molecule has 0 aliphatic heterocycles. The normalized spacial score (nSPS) is 13.6. The van der Waals surface area contributed by atoms with Gasteiger partial charge in [-0.25, -0.2) is 0 Å². The number of amides is 1. The monoisotopic (exact) mass is 279 g/mol. The van der Waals surface area contributed by atoms with E-state index in [4.69, 9.17) is 5.11 Å². The molecule has 0 aliphatic rings. The molecule has 0 radical (unpaired) electrons. The summed E-state index contributed by atoms with van der Waals surface area (Å²) in [7, 11) is 0. The number of hydrogen-bond acceptors (Lipinski definition) is 3. The summed E-state index contributed by atoms with van der Waals surface area (Å²) in [5, 5.41) is 21.0. The molecule has 110 valence electrons. The highest BCUT2D eigenvalue weighted by Crippen LogP contribution is 2.12. The van der Waals surface area contributed by atoms with Crippen molar-refractivity contribution in [2.45, 2.75) is 39.2 Å². The Hall–Kier alpha value is -1.88. The predicted octanol–water partition coefficient (Wildman–Crippen LogP) is 1.19. The summed E-state index contributed by atoms with van der Waals surface area (Å²) >= 11 is 0. The second-order valence-corrected chi connectivity index (χ2v) is 5.45. The molecule has 1 amide bonds. The van der Waals surface area contributed by atoms with Gasteiger partial charge in [0.1, 0.15) is 0 Å². The Morgan fingerprint density at radius 3 is 2.55 bits per heavy atom. The molecule has 20 heavy (non-hydrogen) atoms. The molecule has 0 saturated carbocycles. The molecule has 0 spiro atoms. The van der Waals surface area contributed by atoms with E-state index in [1.54, 1.807) is 0 Å². The Kier molecular flexibility index (Phi) is 5.27. The van der Waals surface area contributed by atoms with Crippen molar-refractivity contribution in [3.8, 4) is 0 Å². The van der Waals surface area contributed by atoms with Crippen LogP contribution in [0, 0.1) is 13.8 Å². The average Bonchev–Trinajstić information content (AvgIpc) is 2.30. The van der Waals surface area contributed by atoms with Crippen LogP contribution in [0.15, 0.2) is 18.2 Å². The molecule has 1 rings (SSSR count). The van der Waals surface area contributed by atoms with E-state index in [0.717, 1.165) is 16.7 Å². The molecular weight excluding hydrogens is 258 g/mol. The molecule has 0 bridgehead atoms. The number of hydrogen-bond donors (Lipinski definition) is 3. The first-order valence-electron chi connectivity index (χ1n) is 6.46. The van der Waals surface area contributed by atoms with Crippen LogP contribution in [0.2, 0.25) is 0 Å². The van der Waals surface area contributed by atoms with Crippen LogP contribution >= 0.6 is 0 Å². The minimum absolute atomic E-state index is 0.0804. The van der Waals surface area contributed by atoms with Crippen molar-refractivity contribution >= 4 is 11.9 Å². The van der Waals surface area contributed by atoms with Crippen LogP contribution in [0.3, 0.4) is 0 Å². The van der Waals surface area contributed by atoms with Gasteiger partial charge in [0, 0.05) is 6.54 Å². The number of aliphatic carboxylic acids is 1. The predicted molar refractivity (Wildman–Crippen MR) is 75.5 cm³/mol. The lowest BCUT2D eigenvalue weighted by molar-refractivity contribution is -0.142. The second kappa shape index (κ2) is 6.52. The zero-order chi connectivity index (χ0) is 15.3. The van der Waals surface area contributed by atoms with Crippen LogP contribution in [0.1, 0.15) is 30.0 Å². The third-order valence-corrected chi connectivity index (χ3v) is 3.05. The average molecular weight is 279 g/mol. The first-order valence-corrected chi connectivity index (χ1v) is 6.46. The van der Waals surface area contributed by atoms with Gasteiger partial charge in [-0.05, 0) is 31.9 Å². The molecule has 0 aliphatic carbocycles. The van der Waals surface area contributed by atoms with Gasteiger partial charge in [0.05, 0.1) is 18.4 Å². The molecule has 5 heteroatoms. The standard InChI is InChI=1S/C15H21NO4/c1-10-4-5-11(2)12(6-10)7-13(17)16-9-15(3,20)8-14(18)19/h4-6,20H,7-9H2,1-3H3,(H,16,17)(H,18,19). The van der Waals surface area contributed by atoms with E-state index in [1.165, 1.54) is 6.92 Å². The van der Waals surface area contributed by atoms with Crippen molar-refractivity contribution in [2.24, 2.45) is 0 Å². The van der Waals surface area contributed by atoms with Gasteiger partial charge in [0.15, 0.2) is 0 Å². The van der Waals surface area contributed by atoms with Gasteiger partial charge in [-0.2, -0.15) is 0 Å². The number of carbonyl (C=O) groups excluding carboxylic acids is 1. The van der Waals surface area contributed by atoms with Crippen molar-refractivity contribution in [1.29, 1.82) is 0 Å². The fourth-order valence-electron chi connectivity index (χ4n) is 1.90. The highest BCUT2D eigenvalue weighted by atomic mass is 16.4. The minimum atomic E-state index is -1.44. The van der Waals surface area contributed by atoms with Crippen molar-refractivity contribution in [3.05, 3.63) is 34.9 Å². The van der Waals surface area contributed by atoms with Gasteiger partial charge in [-0.1, -0.05) is 23.8 Å². The van der Waals surface area contributed by atoms with Crippen LogP contribution < -0.4 is 5.32 Å². The van der Waals surface area contributed by atoms with Crippen LogP contribution in [0.4, 0.5) is 0 Å². The quantitative estimate of drug-likeness (QED) is 0.730. The minimum Gasteiger partial charge on any atom is -0.481 e. The summed E-state index contributed by atoms with van der Waals surface area (Å²) in [6.07, 6.45) is -0.187. The summed E-state index contributed by atoms with van der Waals surface area (Å²) < 4.78 is 0. The Balaban J connectivity index is 2.56. The lowest BCUT2D eigenvalue weighted by atomic mass is 10.0. The van der Waals surface area contributed by atoms with Crippen LogP contribution in [0.25, 0.3) is 0 Å². The number of nitrogens with one attached hydrogen (secondary N) is 1. The number of carboxylic acids is 1. The molecular formula is C15H21NO4. The maximum atomic E-state index is 11.8. The first-order chi connectivity index (χ1) is 9.19. The van der Waals surface area contributed by atoms with Crippen LogP contribution in [-0.4, -0.2) is 34.2 Å². The molecule has 5 nitrogen and oxygen atoms in total. The molecule has 3 N–H and O–H groups in total. The van der Waals surface area contributed by atoms with Gasteiger partial charge < -0.3 is 15.5 Å². The largest absolute Gasteiger partial charge is 0.481 e. The number of carboxylic acid groups (broad SMARTS) is 1. The maximum absolute atomic E-state index is 11.8. The summed E-state index contributed by atoms with van der Waals surface area (Å²) in [6.45, 7) is 5.20. The van der Waals surface area contributed by atoms with Crippen LogP contribution in [-0.2, 0) is 16.0 Å². The maximum Gasteiger partial charge on any atom is 0.306 e. The topological polar surface area (TPSA) is 86.6 Å². The number of carbonyl (C=O) groups is 2. The summed E-state index contributed by atoms with van der Waals surface area (Å²) in [5.41, 5.74) is 1.60. The second-order valence-electron chi connectivity index (χ2n) is 5.45. The number of aryl methyl sites for hydroxylation is 2. The molecule has 0 fully saturated rings. The molecule has 0 saturated heterocycles. The number of rotatable bonds is 6. The first kappa shape index (κ1) is 16.2. The van der Waals surface area contributed by atoms with Crippen molar-refractivity contribution in [1.82, 2.24) is 5.32 Å². The molecule has 0 aromatic heterocycles. The van der Waals surface area contributed by atoms with Gasteiger partial charge in [-0.3, -0.25) is 9.59 Å². The summed E-state index contributed by atoms with van der Waals surface area (Å²) in [5.74, 6) is -1.33. The Labute approximate surface area is 118 Å². The van der Waals surface area contributed by atoms with E-state index in [2.05, 4.69) is 5.32 Å². The zero-order valence-electron chi connectivity index (χ0n) is 12.1. The molecule has 0 heterocycles. The lowest BCUT2D eigenvalue weighted by Crippen LogP contribution is -2.42. The highest BCUT2D eigenvalue weighted by molar-refractivity contribution is 5.79. The van der Waals surface area contributed by atoms with Crippen molar-refractivity contribution < 1.29 is 19.8 Å². The molecule has 1 unspecified atom stereocenters. The molecule has 1 atom stereocenters. The lowest BCUT2D eigenvalue weighted by Gasteiger charge is -2.21.